The van der Waals surface area contributed by atoms with Gasteiger partial charge in [0, 0.05) is 0 Å². The first kappa shape index (κ1) is 38.6. The van der Waals surface area contributed by atoms with Crippen molar-refractivity contribution >= 4 is 32.3 Å². The van der Waals surface area contributed by atoms with Crippen molar-refractivity contribution < 1.29 is 0 Å². The van der Waals surface area contributed by atoms with Gasteiger partial charge in [0.2, 0.25) is 0 Å². The maximum absolute atomic E-state index is 2.49. The summed E-state index contributed by atoms with van der Waals surface area (Å²) in [6.07, 6.45) is 0. The van der Waals surface area contributed by atoms with E-state index < -0.39 is 10.8 Å². The molecule has 0 saturated heterocycles. The van der Waals surface area contributed by atoms with Crippen LogP contribution in [0.4, 0.5) is 0 Å². The molecule has 11 aromatic carbocycles. The first-order valence-corrected chi connectivity index (χ1v) is 23.4. The van der Waals surface area contributed by atoms with Crippen LogP contribution in [0.25, 0.3) is 65.7 Å². The monoisotopic (exact) mass is 840 g/mol. The number of aryl methyl sites for hydroxylation is 4. The number of benzene rings is 11. The Morgan fingerprint density at radius 2 is 0.606 bits per heavy atom. The molecule has 0 heteroatoms. The highest BCUT2D eigenvalue weighted by molar-refractivity contribution is 6.00. The molecule has 0 nitrogen and oxygen atoms in total. The third-order valence-corrected chi connectivity index (χ3v) is 15.8. The second-order valence-electron chi connectivity index (χ2n) is 18.9. The molecule has 0 aliphatic heterocycles. The number of rotatable bonds is 5. The predicted octanol–water partition coefficient (Wildman–Crippen LogP) is 16.8. The first-order chi connectivity index (χ1) is 32.4. The molecule has 0 aromatic heterocycles. The Bertz CT molecular complexity index is 3740. The van der Waals surface area contributed by atoms with Crippen molar-refractivity contribution in [1.29, 1.82) is 0 Å². The van der Waals surface area contributed by atoms with E-state index >= 15 is 0 Å². The Kier molecular flexibility index (Phi) is 8.40. The molecule has 0 amide bonds. The third kappa shape index (κ3) is 5.16. The van der Waals surface area contributed by atoms with Gasteiger partial charge < -0.3 is 0 Å². The van der Waals surface area contributed by atoms with E-state index in [4.69, 9.17) is 0 Å². The quantitative estimate of drug-likeness (QED) is 0.162. The van der Waals surface area contributed by atoms with Crippen molar-refractivity contribution in [2.75, 3.05) is 0 Å². The summed E-state index contributed by atoms with van der Waals surface area (Å²) in [7, 11) is 0. The van der Waals surface area contributed by atoms with Crippen LogP contribution in [-0.2, 0) is 10.8 Å². The van der Waals surface area contributed by atoms with E-state index in [9.17, 15) is 0 Å². The molecule has 11 aromatic rings. The van der Waals surface area contributed by atoms with Crippen LogP contribution in [0.3, 0.4) is 0 Å². The molecule has 0 radical (unpaired) electrons. The minimum absolute atomic E-state index is 0.498. The summed E-state index contributed by atoms with van der Waals surface area (Å²) >= 11 is 0. The maximum Gasteiger partial charge on any atom is 0.0719 e. The van der Waals surface area contributed by atoms with Gasteiger partial charge in [0.25, 0.3) is 0 Å². The molecule has 0 saturated carbocycles. The standard InChI is InChI=1S/C66H48/c1-41-37-62(53-21-9-7-19-51(53)43(41)3)65(59-26-14-11-23-55(59)56-24-12-15-27-60(56)65)49-33-29-45(30-34-49)46-31-35-50(36-32-46)66(63-38-42(2)44(4)52-20-8-10-22-54(52)63)61-28-16-13-25-57(61)58-39-47-17-5-6-18-48(47)40-64(58)66/h5-40H,1-4H3. The zero-order chi connectivity index (χ0) is 44.3. The summed E-state index contributed by atoms with van der Waals surface area (Å²) in [6.45, 7) is 9.09. The van der Waals surface area contributed by atoms with Crippen molar-refractivity contribution in [2.45, 2.75) is 38.5 Å². The maximum atomic E-state index is 2.49. The average Bonchev–Trinajstić information content (AvgIpc) is 3.83. The summed E-state index contributed by atoms with van der Waals surface area (Å²) in [6, 6.07) is 83.2. The number of hydrogen-bond donors (Lipinski definition) is 0. The number of hydrogen-bond acceptors (Lipinski definition) is 0. The van der Waals surface area contributed by atoms with Crippen LogP contribution in [-0.4, -0.2) is 0 Å². The molecule has 13 rings (SSSR count). The highest BCUT2D eigenvalue weighted by Gasteiger charge is 2.49. The Hall–Kier alpha value is -7.80. The summed E-state index contributed by atoms with van der Waals surface area (Å²) in [5.41, 5.74) is 22.5. The van der Waals surface area contributed by atoms with E-state index in [0.717, 1.165) is 0 Å². The average molecular weight is 841 g/mol. The fraction of sp³-hybridized carbons (Fsp3) is 0.0909. The molecule has 0 spiro atoms. The van der Waals surface area contributed by atoms with Gasteiger partial charge in [0.15, 0.2) is 0 Å². The Labute approximate surface area is 387 Å². The molecule has 0 fully saturated rings. The van der Waals surface area contributed by atoms with Gasteiger partial charge in [-0.1, -0.05) is 206 Å². The summed E-state index contributed by atoms with van der Waals surface area (Å²) < 4.78 is 0. The van der Waals surface area contributed by atoms with E-state index in [0.29, 0.717) is 0 Å². The minimum Gasteiger partial charge on any atom is -0.0619 e. The lowest BCUT2D eigenvalue weighted by atomic mass is 9.65. The highest BCUT2D eigenvalue weighted by Crippen LogP contribution is 2.60. The van der Waals surface area contributed by atoms with Crippen LogP contribution < -0.4 is 0 Å². The van der Waals surface area contributed by atoms with E-state index in [1.807, 2.05) is 0 Å². The lowest BCUT2D eigenvalue weighted by Crippen LogP contribution is -2.29. The molecule has 0 N–H and O–H groups in total. The summed E-state index contributed by atoms with van der Waals surface area (Å²) in [5, 5.41) is 7.77. The predicted molar refractivity (Wildman–Crippen MR) is 278 cm³/mol. The van der Waals surface area contributed by atoms with Gasteiger partial charge in [-0.05, 0) is 172 Å². The van der Waals surface area contributed by atoms with Gasteiger partial charge in [0.05, 0.1) is 10.8 Å². The van der Waals surface area contributed by atoms with Crippen LogP contribution >= 0.6 is 0 Å². The van der Waals surface area contributed by atoms with Gasteiger partial charge >= 0.3 is 0 Å². The largest absolute Gasteiger partial charge is 0.0719 e. The Morgan fingerprint density at radius 3 is 1.06 bits per heavy atom. The van der Waals surface area contributed by atoms with Gasteiger partial charge in [-0.2, -0.15) is 0 Å². The fourth-order valence-electron chi connectivity index (χ4n) is 12.5. The molecule has 1 atom stereocenters. The summed E-state index contributed by atoms with van der Waals surface area (Å²) in [4.78, 5) is 0. The van der Waals surface area contributed by atoms with Crippen LogP contribution in [0.1, 0.15) is 66.8 Å². The molecule has 0 heterocycles. The van der Waals surface area contributed by atoms with Crippen LogP contribution in [0.2, 0.25) is 0 Å². The molecule has 66 heavy (non-hydrogen) atoms. The molecular weight excluding hydrogens is 793 g/mol. The second-order valence-corrected chi connectivity index (χ2v) is 18.9. The second kappa shape index (κ2) is 14.4. The first-order valence-electron chi connectivity index (χ1n) is 23.4. The fourth-order valence-corrected chi connectivity index (χ4v) is 12.5. The van der Waals surface area contributed by atoms with Crippen molar-refractivity contribution in [2.24, 2.45) is 0 Å². The lowest BCUT2D eigenvalue weighted by molar-refractivity contribution is 0.775. The van der Waals surface area contributed by atoms with E-state index in [1.54, 1.807) is 0 Å². The lowest BCUT2D eigenvalue weighted by Gasteiger charge is -2.36. The molecule has 312 valence electrons. The van der Waals surface area contributed by atoms with Crippen LogP contribution in [0, 0.1) is 27.7 Å². The van der Waals surface area contributed by atoms with Gasteiger partial charge in [-0.25, -0.2) is 0 Å². The van der Waals surface area contributed by atoms with E-state index in [1.165, 1.54) is 132 Å². The molecule has 2 aliphatic rings. The smallest absolute Gasteiger partial charge is 0.0619 e. The SMILES string of the molecule is Cc1cc(C2(c3ccc(-c4ccc(C5(c6cc(C)c(C)c7ccccc67)c6ccccc6-c6cc7ccccc7cc65)cc4)cc3)c3ccccc3-c3ccccc32)c2ccccc2c1C. The zero-order valence-corrected chi connectivity index (χ0v) is 37.8. The molecular formula is C66H48. The van der Waals surface area contributed by atoms with Crippen molar-refractivity contribution in [1.82, 2.24) is 0 Å². The van der Waals surface area contributed by atoms with Gasteiger partial charge in [-0.15, -0.1) is 0 Å². The van der Waals surface area contributed by atoms with E-state index in [-0.39, 0.29) is 0 Å². The molecule has 0 bridgehead atoms. The minimum atomic E-state index is -0.541. The number of fused-ring (bicyclic) bond motifs is 9. The zero-order valence-electron chi connectivity index (χ0n) is 37.8. The van der Waals surface area contributed by atoms with Gasteiger partial charge in [-0.3, -0.25) is 0 Å². The van der Waals surface area contributed by atoms with Crippen LogP contribution in [0.5, 0.6) is 0 Å². The Morgan fingerprint density at radius 1 is 0.258 bits per heavy atom. The Balaban J connectivity index is 1.01. The van der Waals surface area contributed by atoms with Crippen molar-refractivity contribution in [3.63, 3.8) is 0 Å². The van der Waals surface area contributed by atoms with Crippen molar-refractivity contribution in [3.8, 4) is 33.4 Å². The summed E-state index contributed by atoms with van der Waals surface area (Å²) in [5.74, 6) is 0. The highest BCUT2D eigenvalue weighted by atomic mass is 14.5. The topological polar surface area (TPSA) is 0 Å². The van der Waals surface area contributed by atoms with Crippen molar-refractivity contribution in [3.05, 3.63) is 285 Å². The van der Waals surface area contributed by atoms with E-state index in [2.05, 4.69) is 246 Å². The third-order valence-electron chi connectivity index (χ3n) is 15.8. The van der Waals surface area contributed by atoms with Gasteiger partial charge in [0.1, 0.15) is 0 Å². The normalized spacial score (nSPS) is 15.5. The molecule has 2 aliphatic carbocycles. The molecule has 1 unspecified atom stereocenters. The van der Waals surface area contributed by atoms with Crippen LogP contribution in [0.15, 0.2) is 218 Å².